The van der Waals surface area contributed by atoms with Crippen LogP contribution in [0.3, 0.4) is 0 Å². The Hall–Kier alpha value is -4.30. The summed E-state index contributed by atoms with van der Waals surface area (Å²) in [5, 5.41) is 24.8. The Kier molecular flexibility index (Phi) is 6.34. The van der Waals surface area contributed by atoms with E-state index in [1.54, 1.807) is 41.3 Å². The van der Waals surface area contributed by atoms with Crippen LogP contribution >= 0.6 is 0 Å². The van der Waals surface area contributed by atoms with Gasteiger partial charge in [0.1, 0.15) is 16.7 Å². The van der Waals surface area contributed by atoms with Crippen LogP contribution in [0.25, 0.3) is 22.1 Å². The zero-order valence-electron chi connectivity index (χ0n) is 22.1. The molecule has 2 heterocycles. The topological polar surface area (TPSA) is 136 Å². The fourth-order valence-electron chi connectivity index (χ4n) is 5.39. The number of fused-ring (bicyclic) bond motifs is 1. The number of β-amino-alcohol motifs (C(OH)–C–C–N with tert-alkyl or cyclic N) is 1. The third-order valence-electron chi connectivity index (χ3n) is 8.30. The summed E-state index contributed by atoms with van der Waals surface area (Å²) >= 11 is 0. The first-order valence-electron chi connectivity index (χ1n) is 13.6. The number of nitriles is 1. The minimum absolute atomic E-state index is 0.0687. The van der Waals surface area contributed by atoms with E-state index in [1.165, 1.54) is 6.07 Å². The summed E-state index contributed by atoms with van der Waals surface area (Å²) in [6.45, 7) is 0.648. The number of carbonyl (C=O) groups is 3. The van der Waals surface area contributed by atoms with E-state index in [2.05, 4.69) is 16.7 Å². The average molecular weight is 563 g/mol. The lowest BCUT2D eigenvalue weighted by atomic mass is 9.78. The van der Waals surface area contributed by atoms with Crippen LogP contribution in [0.1, 0.15) is 59.4 Å². The van der Waals surface area contributed by atoms with Crippen LogP contribution in [0.5, 0.6) is 0 Å². The SMILES string of the molecule is N#CC1(NC(=O)C2(NC(=O)c3cc4ccc(-c5ccc(C(=O)N6CC(O)C6)cc5)cc4o3)CCC(F)(F)CC2)CC1. The predicted octanol–water partition coefficient (Wildman–Crippen LogP) is 3.77. The molecule has 2 aromatic carbocycles. The maximum atomic E-state index is 14.0. The molecule has 41 heavy (non-hydrogen) atoms. The number of aliphatic hydroxyl groups is 1. The zero-order chi connectivity index (χ0) is 29.0. The molecule has 11 heteroatoms. The third kappa shape index (κ3) is 5.15. The fourth-order valence-corrected chi connectivity index (χ4v) is 5.39. The first kappa shape index (κ1) is 26.9. The van der Waals surface area contributed by atoms with Gasteiger partial charge in [-0.2, -0.15) is 5.26 Å². The highest BCUT2D eigenvalue weighted by atomic mass is 19.3. The van der Waals surface area contributed by atoms with E-state index in [0.717, 1.165) is 11.1 Å². The lowest BCUT2D eigenvalue weighted by Gasteiger charge is -2.39. The number of amides is 3. The molecule has 0 spiro atoms. The number of nitrogens with one attached hydrogen (secondary N) is 2. The lowest BCUT2D eigenvalue weighted by Crippen LogP contribution is -2.62. The van der Waals surface area contributed by atoms with E-state index in [9.17, 15) is 33.5 Å². The van der Waals surface area contributed by atoms with Gasteiger partial charge in [0.25, 0.3) is 11.8 Å². The van der Waals surface area contributed by atoms with Gasteiger partial charge in [-0.25, -0.2) is 8.78 Å². The number of nitrogens with zero attached hydrogens (tertiary/aromatic N) is 2. The van der Waals surface area contributed by atoms with Gasteiger partial charge in [0.15, 0.2) is 5.76 Å². The van der Waals surface area contributed by atoms with Gasteiger partial charge in [0.2, 0.25) is 11.8 Å². The number of rotatable bonds is 6. The molecular formula is C30H28F2N4O5. The second-order valence-electron chi connectivity index (χ2n) is 11.3. The average Bonchev–Trinajstić information content (AvgIpc) is 3.58. The molecule has 1 aliphatic heterocycles. The third-order valence-corrected chi connectivity index (χ3v) is 8.30. The molecule has 0 bridgehead atoms. The van der Waals surface area contributed by atoms with Crippen molar-refractivity contribution >= 4 is 28.7 Å². The van der Waals surface area contributed by atoms with Crippen LogP contribution in [0.2, 0.25) is 0 Å². The summed E-state index contributed by atoms with van der Waals surface area (Å²) in [6, 6.07) is 16.0. The van der Waals surface area contributed by atoms with Crippen LogP contribution in [-0.4, -0.2) is 63.9 Å². The van der Waals surface area contributed by atoms with Crippen molar-refractivity contribution in [3.05, 3.63) is 59.9 Å². The van der Waals surface area contributed by atoms with Crippen molar-refractivity contribution in [2.45, 2.75) is 61.6 Å². The minimum atomic E-state index is -2.93. The number of carbonyl (C=O) groups excluding carboxylic acids is 3. The maximum Gasteiger partial charge on any atom is 0.287 e. The van der Waals surface area contributed by atoms with Crippen molar-refractivity contribution in [3.8, 4) is 17.2 Å². The molecule has 3 amide bonds. The maximum absolute atomic E-state index is 14.0. The summed E-state index contributed by atoms with van der Waals surface area (Å²) in [5.41, 5.74) is -0.0544. The fraction of sp³-hybridized carbons (Fsp3) is 0.400. The molecule has 3 fully saturated rings. The Morgan fingerprint density at radius 2 is 1.59 bits per heavy atom. The second kappa shape index (κ2) is 9.66. The van der Waals surface area contributed by atoms with E-state index in [0.29, 0.717) is 42.5 Å². The van der Waals surface area contributed by atoms with Crippen molar-refractivity contribution < 1.29 is 32.7 Å². The number of hydrogen-bond donors (Lipinski definition) is 3. The molecule has 2 saturated carbocycles. The van der Waals surface area contributed by atoms with Gasteiger partial charge >= 0.3 is 0 Å². The van der Waals surface area contributed by atoms with Crippen molar-refractivity contribution in [2.24, 2.45) is 0 Å². The molecule has 3 N–H and O–H groups in total. The molecule has 3 aliphatic rings. The standard InChI is InChI=1S/C30H28F2N4O5/c31-30(32)11-9-29(10-12-30,27(40)35-28(17-33)7-8-28)34-25(38)24-14-21-6-5-20(13-23(21)41-24)18-1-3-19(4-2-18)26(39)36-15-22(37)16-36/h1-6,13-14,22,37H,7-12,15-16H2,(H,34,38)(H,35,40). The van der Waals surface area contributed by atoms with Crippen LogP contribution < -0.4 is 10.6 Å². The predicted molar refractivity (Wildman–Crippen MR) is 143 cm³/mol. The molecule has 0 unspecified atom stereocenters. The Morgan fingerprint density at radius 1 is 0.927 bits per heavy atom. The summed E-state index contributed by atoms with van der Waals surface area (Å²) in [5.74, 6) is -4.48. The Morgan fingerprint density at radius 3 is 2.20 bits per heavy atom. The molecule has 3 aromatic rings. The normalized spacial score (nSPS) is 20.5. The first-order chi connectivity index (χ1) is 19.5. The molecule has 1 aromatic heterocycles. The highest BCUT2D eigenvalue weighted by molar-refractivity contribution is 6.01. The number of aliphatic hydroxyl groups excluding tert-OH is 1. The van der Waals surface area contributed by atoms with Crippen LogP contribution in [0.15, 0.2) is 52.9 Å². The summed E-state index contributed by atoms with van der Waals surface area (Å²) in [6.07, 6.45) is -1.17. The smallest absolute Gasteiger partial charge is 0.287 e. The van der Waals surface area contributed by atoms with Crippen LogP contribution in [0, 0.1) is 11.3 Å². The largest absolute Gasteiger partial charge is 0.451 e. The number of hydrogen-bond acceptors (Lipinski definition) is 6. The van der Waals surface area contributed by atoms with E-state index < -0.39 is 47.8 Å². The molecule has 9 nitrogen and oxygen atoms in total. The molecule has 0 atom stereocenters. The van der Waals surface area contributed by atoms with Gasteiger partial charge in [-0.3, -0.25) is 14.4 Å². The van der Waals surface area contributed by atoms with E-state index in [-0.39, 0.29) is 24.5 Å². The molecule has 0 radical (unpaired) electrons. The van der Waals surface area contributed by atoms with Gasteiger partial charge in [0.05, 0.1) is 12.2 Å². The van der Waals surface area contributed by atoms with Crippen LogP contribution in [0.4, 0.5) is 8.78 Å². The minimum Gasteiger partial charge on any atom is -0.451 e. The molecule has 2 aliphatic carbocycles. The Balaban J connectivity index is 1.20. The van der Waals surface area contributed by atoms with Crippen molar-refractivity contribution in [1.82, 2.24) is 15.5 Å². The summed E-state index contributed by atoms with van der Waals surface area (Å²) < 4.78 is 33.8. The first-order valence-corrected chi connectivity index (χ1v) is 13.6. The van der Waals surface area contributed by atoms with Gasteiger partial charge < -0.3 is 25.1 Å². The number of alkyl halides is 2. The van der Waals surface area contributed by atoms with Crippen LogP contribution in [-0.2, 0) is 4.79 Å². The van der Waals surface area contributed by atoms with Crippen molar-refractivity contribution in [1.29, 1.82) is 5.26 Å². The van der Waals surface area contributed by atoms with E-state index in [1.807, 2.05) is 6.07 Å². The van der Waals surface area contributed by atoms with Crippen molar-refractivity contribution in [3.63, 3.8) is 0 Å². The number of halogens is 2. The van der Waals surface area contributed by atoms with Gasteiger partial charge in [-0.05, 0) is 61.1 Å². The Labute approximate surface area is 234 Å². The monoisotopic (exact) mass is 562 g/mol. The van der Waals surface area contributed by atoms with Gasteiger partial charge in [-0.15, -0.1) is 0 Å². The quantitative estimate of drug-likeness (QED) is 0.419. The molecule has 1 saturated heterocycles. The molecular weight excluding hydrogens is 534 g/mol. The van der Waals surface area contributed by atoms with Gasteiger partial charge in [0, 0.05) is 36.9 Å². The number of benzene rings is 2. The summed E-state index contributed by atoms with van der Waals surface area (Å²) in [7, 11) is 0. The summed E-state index contributed by atoms with van der Waals surface area (Å²) in [4.78, 5) is 40.6. The number of furan rings is 1. The molecule has 212 valence electrons. The van der Waals surface area contributed by atoms with Gasteiger partial charge in [-0.1, -0.05) is 24.3 Å². The highest BCUT2D eigenvalue weighted by Gasteiger charge is 2.53. The second-order valence-corrected chi connectivity index (χ2v) is 11.3. The van der Waals surface area contributed by atoms with E-state index >= 15 is 0 Å². The number of likely N-dealkylation sites (tertiary alicyclic amines) is 1. The lowest BCUT2D eigenvalue weighted by molar-refractivity contribution is -0.133. The molecule has 6 rings (SSSR count). The van der Waals surface area contributed by atoms with Crippen molar-refractivity contribution in [2.75, 3.05) is 13.1 Å². The highest BCUT2D eigenvalue weighted by Crippen LogP contribution is 2.41. The van der Waals surface area contributed by atoms with E-state index in [4.69, 9.17) is 4.42 Å². The zero-order valence-corrected chi connectivity index (χ0v) is 22.1. The Bertz CT molecular complexity index is 1570.